The van der Waals surface area contributed by atoms with Gasteiger partial charge in [-0.15, -0.1) is 0 Å². The van der Waals surface area contributed by atoms with Crippen LogP contribution in [0.25, 0.3) is 0 Å². The van der Waals surface area contributed by atoms with E-state index in [0.29, 0.717) is 0 Å². The Balaban J connectivity index is 0.000000288. The first kappa shape index (κ1) is 14.2. The Hall–Kier alpha value is -0.850. The fraction of sp³-hybridized carbons (Fsp3) is 0.571. The van der Waals surface area contributed by atoms with E-state index < -0.39 is 0 Å². The molecule has 1 heteroatoms. The largest absolute Gasteiger partial charge is 0.207 e. The number of rotatable bonds is 3. The first-order chi connectivity index (χ1) is 7.13. The van der Waals surface area contributed by atoms with Gasteiger partial charge in [-0.25, -0.2) is 4.39 Å². The van der Waals surface area contributed by atoms with Crippen molar-refractivity contribution < 1.29 is 4.39 Å². The van der Waals surface area contributed by atoms with Crippen LogP contribution >= 0.6 is 0 Å². The smallest absolute Gasteiger partial charge is 0.126 e. The third kappa shape index (κ3) is 6.27. The number of benzene rings is 1. The molecule has 0 aliphatic heterocycles. The Morgan fingerprint density at radius 1 is 1.00 bits per heavy atom. The van der Waals surface area contributed by atoms with E-state index in [1.165, 1.54) is 31.7 Å². The molecule has 0 bridgehead atoms. The number of aryl methyl sites for hydroxylation is 1. The zero-order valence-corrected chi connectivity index (χ0v) is 10.4. The number of hydrogen-bond acceptors (Lipinski definition) is 0. The van der Waals surface area contributed by atoms with Crippen molar-refractivity contribution in [3.05, 3.63) is 35.1 Å². The molecule has 0 nitrogen and oxygen atoms in total. The van der Waals surface area contributed by atoms with Gasteiger partial charge in [-0.2, -0.15) is 0 Å². The Morgan fingerprint density at radius 2 is 1.53 bits per heavy atom. The fourth-order valence-electron chi connectivity index (χ4n) is 1.22. The van der Waals surface area contributed by atoms with Crippen LogP contribution in [-0.4, -0.2) is 0 Å². The molecule has 0 atom stereocenters. The summed E-state index contributed by atoms with van der Waals surface area (Å²) in [5, 5.41) is 0. The molecule has 0 fully saturated rings. The van der Waals surface area contributed by atoms with Gasteiger partial charge in [0.1, 0.15) is 5.82 Å². The second-order valence-corrected chi connectivity index (χ2v) is 3.89. The van der Waals surface area contributed by atoms with E-state index in [4.69, 9.17) is 0 Å². The molecule has 0 aromatic heterocycles. The minimum atomic E-state index is -0.116. The maximum Gasteiger partial charge on any atom is 0.126 e. The predicted molar refractivity (Wildman–Crippen MR) is 65.7 cm³/mol. The third-order valence-corrected chi connectivity index (χ3v) is 2.50. The maximum absolute atomic E-state index is 12.6. The molecule has 1 rings (SSSR count). The van der Waals surface area contributed by atoms with Crippen LogP contribution in [0.2, 0.25) is 0 Å². The normalized spacial score (nSPS) is 9.40. The van der Waals surface area contributed by atoms with Crippen LogP contribution in [0.15, 0.2) is 18.2 Å². The second-order valence-electron chi connectivity index (χ2n) is 3.89. The molecule has 0 amide bonds. The highest BCUT2D eigenvalue weighted by Crippen LogP contribution is 2.09. The lowest BCUT2D eigenvalue weighted by molar-refractivity contribution is 0.617. The van der Waals surface area contributed by atoms with Crippen LogP contribution in [0, 0.1) is 19.7 Å². The standard InChI is InChI=1S/C8H9F.C6H14/c1-6-4-3-5-8(9)7(6)2;1-3-5-6-4-2/h3-5H,1-2H3;3-6H2,1-2H3. The number of hydrogen-bond donors (Lipinski definition) is 0. The third-order valence-electron chi connectivity index (χ3n) is 2.50. The van der Waals surface area contributed by atoms with Gasteiger partial charge in [-0.1, -0.05) is 51.7 Å². The molecule has 0 radical (unpaired) electrons. The van der Waals surface area contributed by atoms with Gasteiger partial charge in [0.15, 0.2) is 0 Å². The first-order valence-electron chi connectivity index (χ1n) is 5.85. The van der Waals surface area contributed by atoms with Crippen molar-refractivity contribution in [2.75, 3.05) is 0 Å². The molecule has 1 aromatic carbocycles. The van der Waals surface area contributed by atoms with Crippen molar-refractivity contribution in [1.29, 1.82) is 0 Å². The van der Waals surface area contributed by atoms with Crippen molar-refractivity contribution in [1.82, 2.24) is 0 Å². The summed E-state index contributed by atoms with van der Waals surface area (Å²) >= 11 is 0. The molecule has 0 heterocycles. The summed E-state index contributed by atoms with van der Waals surface area (Å²) in [6, 6.07) is 5.10. The van der Waals surface area contributed by atoms with Crippen molar-refractivity contribution in [3.8, 4) is 0 Å². The van der Waals surface area contributed by atoms with Gasteiger partial charge in [-0.05, 0) is 31.0 Å². The molecular weight excluding hydrogens is 187 g/mol. The Morgan fingerprint density at radius 3 is 1.87 bits per heavy atom. The molecule has 86 valence electrons. The molecule has 0 N–H and O–H groups in total. The van der Waals surface area contributed by atoms with Gasteiger partial charge in [0.05, 0.1) is 0 Å². The Kier molecular flexibility index (Phi) is 7.98. The van der Waals surface area contributed by atoms with Crippen LogP contribution < -0.4 is 0 Å². The highest BCUT2D eigenvalue weighted by Gasteiger charge is 1.95. The lowest BCUT2D eigenvalue weighted by Gasteiger charge is -1.97. The van der Waals surface area contributed by atoms with Crippen LogP contribution in [0.1, 0.15) is 50.7 Å². The van der Waals surface area contributed by atoms with Gasteiger partial charge in [0.25, 0.3) is 0 Å². The summed E-state index contributed by atoms with van der Waals surface area (Å²) in [5.41, 5.74) is 1.76. The van der Waals surface area contributed by atoms with Gasteiger partial charge in [0, 0.05) is 0 Å². The van der Waals surface area contributed by atoms with E-state index in [9.17, 15) is 4.39 Å². The second kappa shape index (κ2) is 8.46. The van der Waals surface area contributed by atoms with E-state index in [1.54, 1.807) is 13.0 Å². The van der Waals surface area contributed by atoms with Crippen LogP contribution in [0.5, 0.6) is 0 Å². The molecule has 0 unspecified atom stereocenters. The molecule has 0 spiro atoms. The van der Waals surface area contributed by atoms with Gasteiger partial charge < -0.3 is 0 Å². The Bertz CT molecular complexity index is 242. The molecule has 0 saturated heterocycles. The van der Waals surface area contributed by atoms with Gasteiger partial charge >= 0.3 is 0 Å². The summed E-state index contributed by atoms with van der Waals surface area (Å²) in [7, 11) is 0. The highest BCUT2D eigenvalue weighted by molar-refractivity contribution is 5.25. The predicted octanol–water partition coefficient (Wildman–Crippen LogP) is 5.03. The fourth-order valence-corrected chi connectivity index (χ4v) is 1.22. The zero-order valence-electron chi connectivity index (χ0n) is 10.4. The molecular formula is C14H23F. The van der Waals surface area contributed by atoms with E-state index in [1.807, 2.05) is 13.0 Å². The van der Waals surface area contributed by atoms with E-state index >= 15 is 0 Å². The monoisotopic (exact) mass is 210 g/mol. The van der Waals surface area contributed by atoms with Crippen LogP contribution in [0.4, 0.5) is 4.39 Å². The quantitative estimate of drug-likeness (QED) is 0.614. The van der Waals surface area contributed by atoms with E-state index in [2.05, 4.69) is 13.8 Å². The van der Waals surface area contributed by atoms with Crippen molar-refractivity contribution >= 4 is 0 Å². The summed E-state index contributed by atoms with van der Waals surface area (Å²) in [4.78, 5) is 0. The minimum Gasteiger partial charge on any atom is -0.207 e. The molecule has 0 aliphatic carbocycles. The van der Waals surface area contributed by atoms with Gasteiger partial charge in [0.2, 0.25) is 0 Å². The minimum absolute atomic E-state index is 0.116. The summed E-state index contributed by atoms with van der Waals surface area (Å²) in [5.74, 6) is -0.116. The van der Waals surface area contributed by atoms with Crippen LogP contribution in [0.3, 0.4) is 0 Å². The van der Waals surface area contributed by atoms with Crippen LogP contribution in [-0.2, 0) is 0 Å². The van der Waals surface area contributed by atoms with Gasteiger partial charge in [-0.3, -0.25) is 0 Å². The maximum atomic E-state index is 12.6. The molecule has 0 saturated carbocycles. The Labute approximate surface area is 93.5 Å². The lowest BCUT2D eigenvalue weighted by Crippen LogP contribution is -1.83. The highest BCUT2D eigenvalue weighted by atomic mass is 19.1. The zero-order chi connectivity index (χ0) is 11.7. The van der Waals surface area contributed by atoms with E-state index in [0.717, 1.165) is 11.1 Å². The molecule has 0 aliphatic rings. The van der Waals surface area contributed by atoms with Crippen molar-refractivity contribution in [2.45, 2.75) is 53.4 Å². The van der Waals surface area contributed by atoms with Crippen molar-refractivity contribution in [3.63, 3.8) is 0 Å². The first-order valence-corrected chi connectivity index (χ1v) is 5.85. The summed E-state index contributed by atoms with van der Waals surface area (Å²) in [6.45, 7) is 8.15. The van der Waals surface area contributed by atoms with E-state index in [-0.39, 0.29) is 5.82 Å². The average molecular weight is 210 g/mol. The number of unbranched alkanes of at least 4 members (excludes halogenated alkanes) is 3. The topological polar surface area (TPSA) is 0 Å². The molecule has 15 heavy (non-hydrogen) atoms. The summed E-state index contributed by atoms with van der Waals surface area (Å²) in [6.07, 6.45) is 5.54. The SMILES string of the molecule is CCCCCC.Cc1cccc(F)c1C. The average Bonchev–Trinajstić information content (AvgIpc) is 2.24. The number of halogens is 1. The molecule has 1 aromatic rings. The van der Waals surface area contributed by atoms with Crippen molar-refractivity contribution in [2.24, 2.45) is 0 Å². The summed E-state index contributed by atoms with van der Waals surface area (Å²) < 4.78 is 12.6. The lowest BCUT2D eigenvalue weighted by atomic mass is 10.1.